The van der Waals surface area contributed by atoms with Gasteiger partial charge in [-0.15, -0.1) is 0 Å². The van der Waals surface area contributed by atoms with Crippen molar-refractivity contribution in [2.24, 2.45) is 0 Å². The highest BCUT2D eigenvalue weighted by Crippen LogP contribution is 2.24. The van der Waals surface area contributed by atoms with Crippen molar-refractivity contribution in [3.8, 4) is 0 Å². The average molecular weight is 450 g/mol. The first-order chi connectivity index (χ1) is 16.6. The summed E-state index contributed by atoms with van der Waals surface area (Å²) < 4.78 is 0. The summed E-state index contributed by atoms with van der Waals surface area (Å²) in [5.41, 5.74) is 2.28. The number of hydrogen-bond acceptors (Lipinski definition) is 3. The maximum absolute atomic E-state index is 13.5. The van der Waals surface area contributed by atoms with Gasteiger partial charge >= 0.3 is 0 Å². The van der Waals surface area contributed by atoms with Gasteiger partial charge in [-0.25, -0.2) is 0 Å². The normalized spacial score (nSPS) is 19.1. The highest BCUT2D eigenvalue weighted by atomic mass is 16.2. The summed E-state index contributed by atoms with van der Waals surface area (Å²) in [6.07, 6.45) is 0. The van der Waals surface area contributed by atoms with Gasteiger partial charge in [-0.3, -0.25) is 14.5 Å². The van der Waals surface area contributed by atoms with Gasteiger partial charge in [0.05, 0.1) is 0 Å². The smallest absolute Gasteiger partial charge is 0.247 e. The summed E-state index contributed by atoms with van der Waals surface area (Å²) in [6.45, 7) is 3.36. The SMILES string of the molecule is O=C1C2CN(Cc3ccc4ccccc4c3)CCN2C(=O)CN1Cc1ccc2ccccc2c1. The Balaban J connectivity index is 1.18. The molecule has 2 saturated heterocycles. The molecule has 34 heavy (non-hydrogen) atoms. The van der Waals surface area contributed by atoms with Crippen LogP contribution in [0.3, 0.4) is 0 Å². The molecule has 6 rings (SSSR count). The van der Waals surface area contributed by atoms with Gasteiger partial charge in [0.1, 0.15) is 12.6 Å². The molecule has 2 aliphatic rings. The minimum absolute atomic E-state index is 0.0516. The molecule has 5 heteroatoms. The van der Waals surface area contributed by atoms with Crippen molar-refractivity contribution in [2.45, 2.75) is 19.1 Å². The van der Waals surface area contributed by atoms with E-state index in [0.29, 0.717) is 19.6 Å². The highest BCUT2D eigenvalue weighted by molar-refractivity contribution is 5.95. The van der Waals surface area contributed by atoms with Crippen LogP contribution < -0.4 is 0 Å². The molecule has 0 saturated carbocycles. The van der Waals surface area contributed by atoms with E-state index in [1.54, 1.807) is 9.80 Å². The van der Waals surface area contributed by atoms with Crippen LogP contribution in [0, 0.1) is 0 Å². The average Bonchev–Trinajstić information content (AvgIpc) is 2.87. The number of carbonyl (C=O) groups excluding carboxylic acids is 2. The molecule has 2 aliphatic heterocycles. The fraction of sp³-hybridized carbons (Fsp3) is 0.241. The zero-order valence-corrected chi connectivity index (χ0v) is 19.1. The van der Waals surface area contributed by atoms with Crippen molar-refractivity contribution in [1.29, 1.82) is 0 Å². The second-order valence-corrected chi connectivity index (χ2v) is 9.40. The maximum atomic E-state index is 13.5. The number of amides is 2. The second-order valence-electron chi connectivity index (χ2n) is 9.40. The molecule has 0 bridgehead atoms. The van der Waals surface area contributed by atoms with Crippen molar-refractivity contribution in [2.75, 3.05) is 26.2 Å². The fourth-order valence-electron chi connectivity index (χ4n) is 5.32. The molecular weight excluding hydrogens is 422 g/mol. The lowest BCUT2D eigenvalue weighted by molar-refractivity contribution is -0.160. The van der Waals surface area contributed by atoms with Crippen molar-refractivity contribution < 1.29 is 9.59 Å². The monoisotopic (exact) mass is 449 g/mol. The summed E-state index contributed by atoms with van der Waals surface area (Å²) in [4.78, 5) is 32.2. The number of fused-ring (bicyclic) bond motifs is 3. The van der Waals surface area contributed by atoms with Crippen molar-refractivity contribution in [1.82, 2.24) is 14.7 Å². The molecule has 4 aromatic rings. The molecule has 170 valence electrons. The van der Waals surface area contributed by atoms with Crippen LogP contribution in [-0.2, 0) is 22.7 Å². The number of piperazine rings is 2. The Hall–Kier alpha value is -3.70. The lowest BCUT2D eigenvalue weighted by atomic mass is 10.0. The Labute approximate surface area is 199 Å². The van der Waals surface area contributed by atoms with Gasteiger partial charge in [0.25, 0.3) is 0 Å². The lowest BCUT2D eigenvalue weighted by Gasteiger charge is -2.46. The van der Waals surface area contributed by atoms with E-state index < -0.39 is 6.04 Å². The van der Waals surface area contributed by atoms with E-state index in [1.165, 1.54) is 21.7 Å². The molecule has 0 radical (unpaired) electrons. The first-order valence-corrected chi connectivity index (χ1v) is 11.9. The number of nitrogens with zero attached hydrogens (tertiary/aromatic N) is 3. The van der Waals surface area contributed by atoms with Crippen LogP contribution in [-0.4, -0.2) is 58.7 Å². The molecular formula is C29H27N3O2. The summed E-state index contributed by atoms with van der Waals surface area (Å²) >= 11 is 0. The van der Waals surface area contributed by atoms with E-state index in [1.807, 2.05) is 12.1 Å². The third kappa shape index (κ3) is 3.93. The molecule has 0 aromatic heterocycles. The number of rotatable bonds is 4. The maximum Gasteiger partial charge on any atom is 0.247 e. The Kier molecular flexibility index (Phi) is 5.27. The topological polar surface area (TPSA) is 43.9 Å². The molecule has 5 nitrogen and oxygen atoms in total. The van der Waals surface area contributed by atoms with Crippen LogP contribution in [0.15, 0.2) is 84.9 Å². The Morgan fingerprint density at radius 3 is 1.91 bits per heavy atom. The van der Waals surface area contributed by atoms with Gasteiger partial charge in [0.15, 0.2) is 0 Å². The minimum atomic E-state index is -0.407. The van der Waals surface area contributed by atoms with Gasteiger partial charge in [-0.05, 0) is 44.8 Å². The zero-order chi connectivity index (χ0) is 23.1. The first kappa shape index (κ1) is 20.9. The quantitative estimate of drug-likeness (QED) is 0.472. The lowest BCUT2D eigenvalue weighted by Crippen LogP contribution is -2.66. The van der Waals surface area contributed by atoms with Crippen LogP contribution in [0.5, 0.6) is 0 Å². The third-order valence-electron chi connectivity index (χ3n) is 7.12. The van der Waals surface area contributed by atoms with Crippen LogP contribution in [0.4, 0.5) is 0 Å². The predicted molar refractivity (Wildman–Crippen MR) is 134 cm³/mol. The Morgan fingerprint density at radius 1 is 0.676 bits per heavy atom. The summed E-state index contributed by atoms with van der Waals surface area (Å²) in [6, 6.07) is 29.0. The van der Waals surface area contributed by atoms with E-state index in [4.69, 9.17) is 0 Å². The zero-order valence-electron chi connectivity index (χ0n) is 19.1. The van der Waals surface area contributed by atoms with Gasteiger partial charge in [0, 0.05) is 32.7 Å². The van der Waals surface area contributed by atoms with Gasteiger partial charge in [0.2, 0.25) is 11.8 Å². The molecule has 0 aliphatic carbocycles. The third-order valence-corrected chi connectivity index (χ3v) is 7.12. The molecule has 2 amide bonds. The highest BCUT2D eigenvalue weighted by Gasteiger charge is 2.42. The van der Waals surface area contributed by atoms with Crippen LogP contribution >= 0.6 is 0 Å². The molecule has 1 unspecified atom stereocenters. The van der Waals surface area contributed by atoms with Crippen LogP contribution in [0.25, 0.3) is 21.5 Å². The summed E-state index contributed by atoms with van der Waals surface area (Å²) in [5.74, 6) is 0.103. The Bertz CT molecular complexity index is 1400. The molecule has 2 fully saturated rings. The predicted octanol–water partition coefficient (Wildman–Crippen LogP) is 4.05. The minimum Gasteiger partial charge on any atom is -0.327 e. The molecule has 2 heterocycles. The van der Waals surface area contributed by atoms with Crippen molar-refractivity contribution in [3.05, 3.63) is 96.1 Å². The van der Waals surface area contributed by atoms with E-state index in [0.717, 1.165) is 24.0 Å². The number of hydrogen-bond donors (Lipinski definition) is 0. The second kappa shape index (κ2) is 8.58. The summed E-state index contributed by atoms with van der Waals surface area (Å²) in [5, 5.41) is 4.78. The largest absolute Gasteiger partial charge is 0.327 e. The van der Waals surface area contributed by atoms with E-state index in [2.05, 4.69) is 77.7 Å². The molecule has 0 N–H and O–H groups in total. The van der Waals surface area contributed by atoms with Gasteiger partial charge < -0.3 is 9.80 Å². The Morgan fingerprint density at radius 2 is 1.26 bits per heavy atom. The molecule has 4 aromatic carbocycles. The number of benzene rings is 4. The fourth-order valence-corrected chi connectivity index (χ4v) is 5.32. The number of carbonyl (C=O) groups is 2. The molecule has 1 atom stereocenters. The van der Waals surface area contributed by atoms with Gasteiger partial charge in [-0.2, -0.15) is 0 Å². The van der Waals surface area contributed by atoms with E-state index >= 15 is 0 Å². The van der Waals surface area contributed by atoms with Crippen LogP contribution in [0.1, 0.15) is 11.1 Å². The molecule has 0 spiro atoms. The van der Waals surface area contributed by atoms with Crippen LogP contribution in [0.2, 0.25) is 0 Å². The van der Waals surface area contributed by atoms with Crippen molar-refractivity contribution >= 4 is 33.4 Å². The van der Waals surface area contributed by atoms with E-state index in [9.17, 15) is 9.59 Å². The van der Waals surface area contributed by atoms with Gasteiger partial charge in [-0.1, -0.05) is 72.8 Å². The standard InChI is InChI=1S/C29H27N3O2/c33-28-20-31(18-22-10-12-24-6-2-4-8-26(24)16-22)29(34)27-19-30(13-14-32(27)28)17-21-9-11-23-5-1-3-7-25(23)15-21/h1-12,15-16,27H,13-14,17-20H2. The first-order valence-electron chi connectivity index (χ1n) is 11.9. The summed E-state index contributed by atoms with van der Waals surface area (Å²) in [7, 11) is 0. The van der Waals surface area contributed by atoms with E-state index in [-0.39, 0.29) is 18.4 Å². The van der Waals surface area contributed by atoms with Crippen molar-refractivity contribution in [3.63, 3.8) is 0 Å².